The predicted octanol–water partition coefficient (Wildman–Crippen LogP) is 5.05. The fourth-order valence-electron chi connectivity index (χ4n) is 3.88. The number of nitrogens with zero attached hydrogens (tertiary/aromatic N) is 3. The summed E-state index contributed by atoms with van der Waals surface area (Å²) in [5, 5.41) is 2.90. The average molecular weight is 499 g/mol. The second-order valence-electron chi connectivity index (χ2n) is 8.69. The number of anilines is 1. The van der Waals surface area contributed by atoms with Gasteiger partial charge in [0.15, 0.2) is 0 Å². The van der Waals surface area contributed by atoms with Gasteiger partial charge < -0.3 is 14.4 Å². The number of methoxy groups -OCH3 is 2. The number of carbonyl (C=O) groups is 2. The smallest absolute Gasteiger partial charge is 0.254 e. The van der Waals surface area contributed by atoms with Crippen molar-refractivity contribution >= 4 is 17.8 Å². The first kappa shape index (κ1) is 25.5. The van der Waals surface area contributed by atoms with Crippen LogP contribution in [0.3, 0.4) is 0 Å². The summed E-state index contributed by atoms with van der Waals surface area (Å²) in [5.74, 6) is 1.20. The van der Waals surface area contributed by atoms with Crippen LogP contribution in [0.2, 0.25) is 0 Å². The lowest BCUT2D eigenvalue weighted by molar-refractivity contribution is -0.117. The molecule has 0 spiro atoms. The van der Waals surface area contributed by atoms with Crippen LogP contribution in [0, 0.1) is 0 Å². The Labute approximate surface area is 216 Å². The molecule has 0 fully saturated rings. The number of amides is 2. The minimum absolute atomic E-state index is 0.116. The molecule has 0 atom stereocenters. The summed E-state index contributed by atoms with van der Waals surface area (Å²) in [6.45, 7) is 3.65. The molecule has 0 bridgehead atoms. The van der Waals surface area contributed by atoms with E-state index in [1.165, 1.54) is 4.90 Å². The van der Waals surface area contributed by atoms with Crippen molar-refractivity contribution in [3.8, 4) is 28.4 Å². The van der Waals surface area contributed by atoms with Crippen molar-refractivity contribution in [1.82, 2.24) is 14.5 Å². The van der Waals surface area contributed by atoms with E-state index in [4.69, 9.17) is 14.5 Å². The van der Waals surface area contributed by atoms with E-state index in [-0.39, 0.29) is 24.4 Å². The van der Waals surface area contributed by atoms with Crippen LogP contribution < -0.4 is 14.8 Å². The van der Waals surface area contributed by atoms with E-state index in [0.717, 1.165) is 17.0 Å². The molecule has 0 radical (unpaired) electrons. The maximum atomic E-state index is 13.2. The summed E-state index contributed by atoms with van der Waals surface area (Å²) in [6, 6.07) is 23.7. The maximum Gasteiger partial charge on any atom is 0.254 e. The summed E-state index contributed by atoms with van der Waals surface area (Å²) < 4.78 is 12.4. The molecular weight excluding hydrogens is 468 g/mol. The number of hydrogen-bond acceptors (Lipinski definition) is 5. The lowest BCUT2D eigenvalue weighted by atomic mass is 10.1. The van der Waals surface area contributed by atoms with Gasteiger partial charge >= 0.3 is 0 Å². The Bertz CT molecular complexity index is 1360. The second kappa shape index (κ2) is 11.4. The highest BCUT2D eigenvalue weighted by Gasteiger charge is 2.23. The van der Waals surface area contributed by atoms with Gasteiger partial charge in [-0.2, -0.15) is 0 Å². The summed E-state index contributed by atoms with van der Waals surface area (Å²) in [6.07, 6.45) is 1.85. The van der Waals surface area contributed by atoms with Crippen LogP contribution in [0.1, 0.15) is 24.2 Å². The number of nitrogens with one attached hydrogen (secondary N) is 1. The molecule has 0 saturated carbocycles. The normalized spacial score (nSPS) is 10.7. The molecule has 0 saturated heterocycles. The van der Waals surface area contributed by atoms with Gasteiger partial charge in [-0.3, -0.25) is 19.5 Å². The maximum absolute atomic E-state index is 13.2. The largest absolute Gasteiger partial charge is 0.497 e. The van der Waals surface area contributed by atoms with E-state index >= 15 is 0 Å². The minimum atomic E-state index is -0.351. The second-order valence-corrected chi connectivity index (χ2v) is 8.69. The number of benzene rings is 3. The standard InChI is InChI=1S/C29H30N4O4/c1-20(2)32(28(35)21-9-6-5-7-10-21)19-27(34)31-29-30-26(22-11-8-12-25(17-22)37-4)18-33(29)23-13-15-24(36-3)16-14-23/h5-18,20H,19H2,1-4H3,(H,30,31,34). The molecule has 1 aromatic heterocycles. The highest BCUT2D eigenvalue weighted by atomic mass is 16.5. The first-order valence-electron chi connectivity index (χ1n) is 11.9. The Morgan fingerprint density at radius 2 is 1.62 bits per heavy atom. The predicted molar refractivity (Wildman–Crippen MR) is 143 cm³/mol. The highest BCUT2D eigenvalue weighted by molar-refractivity contribution is 5.99. The monoisotopic (exact) mass is 498 g/mol. The molecule has 190 valence electrons. The van der Waals surface area contributed by atoms with Crippen LogP contribution in [0.15, 0.2) is 85.1 Å². The van der Waals surface area contributed by atoms with E-state index < -0.39 is 0 Å². The zero-order valence-corrected chi connectivity index (χ0v) is 21.3. The number of rotatable bonds is 9. The molecule has 0 aliphatic heterocycles. The fourth-order valence-corrected chi connectivity index (χ4v) is 3.88. The van der Waals surface area contributed by atoms with Gasteiger partial charge in [-0.05, 0) is 62.4 Å². The molecule has 8 heteroatoms. The van der Waals surface area contributed by atoms with Gasteiger partial charge in [-0.15, -0.1) is 0 Å². The molecule has 4 aromatic rings. The Balaban J connectivity index is 1.64. The van der Waals surface area contributed by atoms with Crippen molar-refractivity contribution in [1.29, 1.82) is 0 Å². The van der Waals surface area contributed by atoms with Gasteiger partial charge in [0, 0.05) is 29.1 Å². The van der Waals surface area contributed by atoms with E-state index in [0.29, 0.717) is 23.0 Å². The number of carbonyl (C=O) groups excluding carboxylic acids is 2. The van der Waals surface area contributed by atoms with Crippen molar-refractivity contribution in [2.75, 3.05) is 26.1 Å². The molecule has 1 heterocycles. The lowest BCUT2D eigenvalue weighted by Crippen LogP contribution is -2.42. The quantitative estimate of drug-likeness (QED) is 0.349. The first-order chi connectivity index (χ1) is 17.9. The number of hydrogen-bond donors (Lipinski definition) is 1. The van der Waals surface area contributed by atoms with Crippen LogP contribution in [0.4, 0.5) is 5.95 Å². The van der Waals surface area contributed by atoms with Gasteiger partial charge in [0.05, 0.1) is 19.9 Å². The van der Waals surface area contributed by atoms with E-state index in [1.807, 2.05) is 74.6 Å². The molecule has 0 aliphatic carbocycles. The third-order valence-electron chi connectivity index (χ3n) is 5.89. The number of imidazole rings is 1. The van der Waals surface area contributed by atoms with E-state index in [2.05, 4.69) is 5.32 Å². The minimum Gasteiger partial charge on any atom is -0.497 e. The molecule has 2 amide bonds. The molecule has 0 unspecified atom stereocenters. The van der Waals surface area contributed by atoms with E-state index in [1.54, 1.807) is 43.1 Å². The molecule has 4 rings (SSSR count). The van der Waals surface area contributed by atoms with Crippen LogP contribution in [-0.2, 0) is 4.79 Å². The SMILES string of the molecule is COc1ccc(-n2cc(-c3cccc(OC)c3)nc2NC(=O)CN(C(=O)c2ccccc2)C(C)C)cc1. The molecule has 1 N–H and O–H groups in total. The van der Waals surface area contributed by atoms with Crippen molar-refractivity contribution in [3.05, 3.63) is 90.6 Å². The van der Waals surface area contributed by atoms with Gasteiger partial charge in [0.2, 0.25) is 11.9 Å². The summed E-state index contributed by atoms with van der Waals surface area (Å²) in [7, 11) is 3.22. The number of ether oxygens (including phenoxy) is 2. The Morgan fingerprint density at radius 3 is 2.27 bits per heavy atom. The summed E-state index contributed by atoms with van der Waals surface area (Å²) in [4.78, 5) is 32.5. The van der Waals surface area contributed by atoms with Crippen LogP contribution in [-0.4, -0.2) is 53.1 Å². The third kappa shape index (κ3) is 5.98. The molecule has 8 nitrogen and oxygen atoms in total. The van der Waals surface area contributed by atoms with Crippen molar-refractivity contribution in [3.63, 3.8) is 0 Å². The van der Waals surface area contributed by atoms with Crippen molar-refractivity contribution in [2.24, 2.45) is 0 Å². The van der Waals surface area contributed by atoms with Crippen LogP contribution in [0.5, 0.6) is 11.5 Å². The summed E-state index contributed by atoms with van der Waals surface area (Å²) >= 11 is 0. The Morgan fingerprint density at radius 1 is 0.919 bits per heavy atom. The molecule has 0 aliphatic rings. The van der Waals surface area contributed by atoms with Gasteiger partial charge in [0.1, 0.15) is 18.0 Å². The average Bonchev–Trinajstić information content (AvgIpc) is 3.35. The molecule has 3 aromatic carbocycles. The lowest BCUT2D eigenvalue weighted by Gasteiger charge is -2.26. The Kier molecular flexibility index (Phi) is 7.88. The van der Waals surface area contributed by atoms with Crippen LogP contribution >= 0.6 is 0 Å². The van der Waals surface area contributed by atoms with Gasteiger partial charge in [0.25, 0.3) is 5.91 Å². The third-order valence-corrected chi connectivity index (χ3v) is 5.89. The Hall–Kier alpha value is -4.59. The fraction of sp³-hybridized carbons (Fsp3) is 0.207. The summed E-state index contributed by atoms with van der Waals surface area (Å²) in [5.41, 5.74) is 2.82. The highest BCUT2D eigenvalue weighted by Crippen LogP contribution is 2.27. The van der Waals surface area contributed by atoms with Crippen molar-refractivity contribution in [2.45, 2.75) is 19.9 Å². The first-order valence-corrected chi connectivity index (χ1v) is 11.9. The van der Waals surface area contributed by atoms with Gasteiger partial charge in [-0.25, -0.2) is 4.98 Å². The van der Waals surface area contributed by atoms with Crippen LogP contribution in [0.25, 0.3) is 16.9 Å². The molecular formula is C29H30N4O4. The molecule has 37 heavy (non-hydrogen) atoms. The van der Waals surface area contributed by atoms with Crippen molar-refractivity contribution < 1.29 is 19.1 Å². The zero-order valence-electron chi connectivity index (χ0n) is 21.3. The van der Waals surface area contributed by atoms with Gasteiger partial charge in [-0.1, -0.05) is 30.3 Å². The topological polar surface area (TPSA) is 85.7 Å². The number of aromatic nitrogens is 2. The van der Waals surface area contributed by atoms with E-state index in [9.17, 15) is 9.59 Å². The zero-order chi connectivity index (χ0) is 26.4.